The molecule has 2 aliphatic carbocycles. The van der Waals surface area contributed by atoms with Gasteiger partial charge in [-0.05, 0) is 91.0 Å². The number of fused-ring (bicyclic) bond motifs is 11. The molecular formula is C49H32O. The molecule has 1 heterocycles. The average Bonchev–Trinajstić information content (AvgIpc) is 3.48. The molecule has 0 amide bonds. The van der Waals surface area contributed by atoms with E-state index in [1.54, 1.807) is 0 Å². The van der Waals surface area contributed by atoms with E-state index in [0.29, 0.717) is 0 Å². The van der Waals surface area contributed by atoms with Crippen LogP contribution >= 0.6 is 0 Å². The maximum Gasteiger partial charge on any atom is 0.132 e. The first-order chi connectivity index (χ1) is 24.7. The van der Waals surface area contributed by atoms with Crippen molar-refractivity contribution in [3.05, 3.63) is 215 Å². The van der Waals surface area contributed by atoms with E-state index < -0.39 is 5.41 Å². The number of hydrogen-bond donors (Lipinski definition) is 0. The third-order valence-electron chi connectivity index (χ3n) is 11.8. The molecule has 0 saturated heterocycles. The highest BCUT2D eigenvalue weighted by Gasteiger charge is 2.50. The molecule has 0 bridgehead atoms. The number of ether oxygens (including phenoxy) is 1. The number of benzene rings is 8. The van der Waals surface area contributed by atoms with Crippen LogP contribution in [0.2, 0.25) is 0 Å². The summed E-state index contributed by atoms with van der Waals surface area (Å²) in [4.78, 5) is 0. The van der Waals surface area contributed by atoms with Gasteiger partial charge in [0.25, 0.3) is 0 Å². The summed E-state index contributed by atoms with van der Waals surface area (Å²) in [6.07, 6.45) is 0. The molecule has 1 heteroatoms. The largest absolute Gasteiger partial charge is 0.457 e. The van der Waals surface area contributed by atoms with Crippen LogP contribution in [0.3, 0.4) is 0 Å². The lowest BCUT2D eigenvalue weighted by Gasteiger charge is -2.40. The molecule has 2 unspecified atom stereocenters. The fourth-order valence-corrected chi connectivity index (χ4v) is 9.72. The highest BCUT2D eigenvalue weighted by Crippen LogP contribution is 2.63. The van der Waals surface area contributed by atoms with E-state index >= 15 is 0 Å². The van der Waals surface area contributed by atoms with Gasteiger partial charge in [0.2, 0.25) is 0 Å². The average molecular weight is 637 g/mol. The highest BCUT2D eigenvalue weighted by atomic mass is 16.5. The molecule has 50 heavy (non-hydrogen) atoms. The predicted octanol–water partition coefficient (Wildman–Crippen LogP) is 12.3. The molecule has 0 radical (unpaired) electrons. The van der Waals surface area contributed by atoms with Crippen molar-refractivity contribution < 1.29 is 4.74 Å². The number of para-hydroxylation sites is 1. The maximum absolute atomic E-state index is 6.78. The fraction of sp³-hybridized carbons (Fsp3) is 0.0612. The molecule has 234 valence electrons. The molecule has 0 fully saturated rings. The van der Waals surface area contributed by atoms with Crippen molar-refractivity contribution in [1.82, 2.24) is 0 Å². The van der Waals surface area contributed by atoms with Gasteiger partial charge in [0.1, 0.15) is 11.5 Å². The molecule has 1 aliphatic heterocycles. The standard InChI is InChI=1S/C49H32O/c1-48(33-16-3-2-4-17-33)40-24-9-10-27-44(40)50-45-30-32(28-29-41(45)48)34-20-13-26-43-47(34)37-19-6-8-23-39(37)49(43)38-22-7-5-18-35(38)36-21-11-14-31-15-12-25-42(49)46(31)36/h2-30H,1H3. The summed E-state index contributed by atoms with van der Waals surface area (Å²) < 4.78 is 6.78. The summed E-state index contributed by atoms with van der Waals surface area (Å²) in [5.74, 6) is 1.82. The zero-order valence-electron chi connectivity index (χ0n) is 27.7. The summed E-state index contributed by atoms with van der Waals surface area (Å²) in [5, 5.41) is 2.63. The summed E-state index contributed by atoms with van der Waals surface area (Å²) in [6, 6.07) is 64.9. The first-order valence-corrected chi connectivity index (χ1v) is 17.5. The molecule has 8 aromatic carbocycles. The zero-order chi connectivity index (χ0) is 33.0. The topological polar surface area (TPSA) is 9.23 Å². The molecule has 3 aliphatic rings. The number of hydrogen-bond acceptors (Lipinski definition) is 1. The third-order valence-corrected chi connectivity index (χ3v) is 11.8. The minimum atomic E-state index is -0.443. The third kappa shape index (κ3) is 3.37. The van der Waals surface area contributed by atoms with E-state index in [0.717, 1.165) is 17.1 Å². The molecule has 2 atom stereocenters. The Hall–Kier alpha value is -6.18. The summed E-state index contributed by atoms with van der Waals surface area (Å²) in [7, 11) is 0. The second kappa shape index (κ2) is 9.94. The van der Waals surface area contributed by atoms with E-state index in [-0.39, 0.29) is 5.41 Å². The number of rotatable bonds is 2. The van der Waals surface area contributed by atoms with Gasteiger partial charge in [0.15, 0.2) is 0 Å². The smallest absolute Gasteiger partial charge is 0.132 e. The summed E-state index contributed by atoms with van der Waals surface area (Å²) in [5.41, 5.74) is 15.8. The van der Waals surface area contributed by atoms with E-state index in [1.807, 2.05) is 0 Å². The monoisotopic (exact) mass is 636 g/mol. The Balaban J connectivity index is 1.19. The lowest BCUT2D eigenvalue weighted by Crippen LogP contribution is -2.31. The maximum atomic E-state index is 6.78. The zero-order valence-corrected chi connectivity index (χ0v) is 27.7. The molecule has 0 saturated carbocycles. The van der Waals surface area contributed by atoms with Gasteiger partial charge < -0.3 is 4.74 Å². The highest BCUT2D eigenvalue weighted by molar-refractivity contribution is 6.08. The molecule has 8 aromatic rings. The van der Waals surface area contributed by atoms with Gasteiger partial charge in [0.05, 0.1) is 5.41 Å². The fourth-order valence-electron chi connectivity index (χ4n) is 9.72. The van der Waals surface area contributed by atoms with Crippen LogP contribution < -0.4 is 4.74 Å². The predicted molar refractivity (Wildman–Crippen MR) is 204 cm³/mol. The van der Waals surface area contributed by atoms with Crippen LogP contribution in [0.15, 0.2) is 176 Å². The van der Waals surface area contributed by atoms with Gasteiger partial charge in [-0.3, -0.25) is 0 Å². The quantitative estimate of drug-likeness (QED) is 0.183. The lowest BCUT2D eigenvalue weighted by molar-refractivity contribution is 0.427. The van der Waals surface area contributed by atoms with Crippen molar-refractivity contribution in [2.75, 3.05) is 0 Å². The van der Waals surface area contributed by atoms with Crippen LogP contribution in [0.1, 0.15) is 45.9 Å². The Morgan fingerprint density at radius 2 is 0.980 bits per heavy atom. The van der Waals surface area contributed by atoms with Crippen molar-refractivity contribution in [2.24, 2.45) is 0 Å². The molecule has 1 nitrogen and oxygen atoms in total. The Kier molecular flexibility index (Phi) is 5.51. The molecular weight excluding hydrogens is 605 g/mol. The van der Waals surface area contributed by atoms with Crippen LogP contribution in [0, 0.1) is 0 Å². The van der Waals surface area contributed by atoms with Gasteiger partial charge in [-0.25, -0.2) is 0 Å². The van der Waals surface area contributed by atoms with Gasteiger partial charge in [-0.1, -0.05) is 164 Å². The van der Waals surface area contributed by atoms with E-state index in [9.17, 15) is 0 Å². The van der Waals surface area contributed by atoms with E-state index in [2.05, 4.69) is 183 Å². The first-order valence-electron chi connectivity index (χ1n) is 17.5. The Morgan fingerprint density at radius 3 is 1.82 bits per heavy atom. The van der Waals surface area contributed by atoms with E-state index in [4.69, 9.17) is 4.74 Å². The SMILES string of the molecule is CC1(c2ccccc2)c2ccccc2Oc2cc(-c3cccc4c3-c3ccccc3C43c4ccccc4-c4cccc5cccc3c45)ccc21. The van der Waals surface area contributed by atoms with Crippen LogP contribution in [-0.4, -0.2) is 0 Å². The van der Waals surface area contributed by atoms with Crippen LogP contribution in [0.5, 0.6) is 11.5 Å². The molecule has 0 aromatic heterocycles. The van der Waals surface area contributed by atoms with Crippen molar-refractivity contribution in [3.63, 3.8) is 0 Å². The normalized spacial score (nSPS) is 18.8. The second-order valence-corrected chi connectivity index (χ2v) is 14.1. The van der Waals surface area contributed by atoms with Crippen molar-refractivity contribution >= 4 is 10.8 Å². The minimum absolute atomic E-state index is 0.350. The molecule has 11 rings (SSSR count). The van der Waals surface area contributed by atoms with E-state index in [1.165, 1.54) is 77.5 Å². The Labute approximate surface area is 292 Å². The van der Waals surface area contributed by atoms with Gasteiger partial charge >= 0.3 is 0 Å². The summed E-state index contributed by atoms with van der Waals surface area (Å²) >= 11 is 0. The summed E-state index contributed by atoms with van der Waals surface area (Å²) in [6.45, 7) is 2.33. The Bertz CT molecular complexity index is 2700. The lowest BCUT2D eigenvalue weighted by atomic mass is 9.61. The van der Waals surface area contributed by atoms with Gasteiger partial charge in [-0.15, -0.1) is 0 Å². The second-order valence-electron chi connectivity index (χ2n) is 14.1. The van der Waals surface area contributed by atoms with Crippen molar-refractivity contribution in [2.45, 2.75) is 17.8 Å². The molecule has 1 spiro atoms. The van der Waals surface area contributed by atoms with Crippen LogP contribution in [-0.2, 0) is 10.8 Å². The van der Waals surface area contributed by atoms with Gasteiger partial charge in [-0.2, -0.15) is 0 Å². The van der Waals surface area contributed by atoms with Gasteiger partial charge in [0, 0.05) is 16.5 Å². The minimum Gasteiger partial charge on any atom is -0.457 e. The van der Waals surface area contributed by atoms with Crippen molar-refractivity contribution in [1.29, 1.82) is 0 Å². The van der Waals surface area contributed by atoms with Crippen LogP contribution in [0.25, 0.3) is 44.2 Å². The van der Waals surface area contributed by atoms with Crippen molar-refractivity contribution in [3.8, 4) is 44.9 Å². The van der Waals surface area contributed by atoms with Crippen LogP contribution in [0.4, 0.5) is 0 Å². The Morgan fingerprint density at radius 1 is 0.400 bits per heavy atom. The molecule has 0 N–H and O–H groups in total. The first kappa shape index (κ1) is 27.7.